The van der Waals surface area contributed by atoms with Crippen molar-refractivity contribution in [1.82, 2.24) is 20.9 Å². The van der Waals surface area contributed by atoms with Crippen LogP contribution in [0.25, 0.3) is 0 Å². The molecular weight excluding hydrogens is 592 g/mol. The Balaban J connectivity index is 1.43. The Labute approximate surface area is 286 Å². The molecular formula is C38H70N4O5. The standard InChI is InChI=1S/C38H70N4O5/c1-28(30-18-11-9-12-19-30)26-46-24-15-7-8-16-25-47-27-32(31-20-13-10-14-21-31)40-36(44)33-22-17-23-42(33)37(45)34(38(3,4)5)41-35(43)29(2)39-6/h28-34,39H,7-27H2,1-6H3,(H,40,44)(H,41,43)/t28-,29+,32-,33?,34-/m1/s1. The molecule has 3 amide bonds. The minimum absolute atomic E-state index is 0.0468. The summed E-state index contributed by atoms with van der Waals surface area (Å²) < 4.78 is 12.2. The quantitative estimate of drug-likeness (QED) is 0.147. The van der Waals surface area contributed by atoms with Crippen LogP contribution in [0, 0.1) is 23.2 Å². The first-order valence-electron chi connectivity index (χ1n) is 19.3. The van der Waals surface area contributed by atoms with Crippen molar-refractivity contribution in [3.63, 3.8) is 0 Å². The van der Waals surface area contributed by atoms with E-state index in [1.165, 1.54) is 51.4 Å². The number of hydrogen-bond donors (Lipinski definition) is 3. The summed E-state index contributed by atoms with van der Waals surface area (Å²) in [6, 6.07) is -1.70. The van der Waals surface area contributed by atoms with Gasteiger partial charge in [0, 0.05) is 26.4 Å². The first kappa shape index (κ1) is 39.7. The number of nitrogens with zero attached hydrogens (tertiary/aromatic N) is 1. The second kappa shape index (κ2) is 20.7. The van der Waals surface area contributed by atoms with E-state index in [4.69, 9.17) is 9.47 Å². The molecule has 9 heteroatoms. The molecule has 1 aliphatic heterocycles. The molecule has 272 valence electrons. The summed E-state index contributed by atoms with van der Waals surface area (Å²) in [6.07, 6.45) is 18.6. The molecule has 2 saturated carbocycles. The van der Waals surface area contributed by atoms with Gasteiger partial charge in [0.05, 0.1) is 18.7 Å². The predicted octanol–water partition coefficient (Wildman–Crippen LogP) is 5.99. The molecule has 9 nitrogen and oxygen atoms in total. The fourth-order valence-corrected chi connectivity index (χ4v) is 7.71. The molecule has 1 unspecified atom stereocenters. The average molecular weight is 663 g/mol. The fraction of sp³-hybridized carbons (Fsp3) is 0.921. The monoisotopic (exact) mass is 663 g/mol. The van der Waals surface area contributed by atoms with Crippen LogP contribution in [0.4, 0.5) is 0 Å². The molecule has 5 atom stereocenters. The largest absolute Gasteiger partial charge is 0.381 e. The van der Waals surface area contributed by atoms with E-state index in [0.29, 0.717) is 38.0 Å². The van der Waals surface area contributed by atoms with Crippen LogP contribution in [0.2, 0.25) is 0 Å². The lowest BCUT2D eigenvalue weighted by atomic mass is 9.81. The molecule has 47 heavy (non-hydrogen) atoms. The maximum absolute atomic E-state index is 13.9. The van der Waals surface area contributed by atoms with Crippen LogP contribution >= 0.6 is 0 Å². The summed E-state index contributed by atoms with van der Waals surface area (Å²) in [7, 11) is 1.72. The fourth-order valence-electron chi connectivity index (χ4n) is 7.71. The van der Waals surface area contributed by atoms with E-state index in [1.807, 2.05) is 20.8 Å². The van der Waals surface area contributed by atoms with Gasteiger partial charge in [-0.15, -0.1) is 0 Å². The van der Waals surface area contributed by atoms with Crippen LogP contribution in [-0.4, -0.2) is 86.8 Å². The van der Waals surface area contributed by atoms with Crippen LogP contribution in [0.15, 0.2) is 0 Å². The number of rotatable bonds is 19. The van der Waals surface area contributed by atoms with Crippen molar-refractivity contribution < 1.29 is 23.9 Å². The summed E-state index contributed by atoms with van der Waals surface area (Å²) in [6.45, 7) is 13.5. The Morgan fingerprint density at radius 2 is 1.32 bits per heavy atom. The second-order valence-corrected chi connectivity index (χ2v) is 16.0. The first-order chi connectivity index (χ1) is 22.5. The number of carbonyl (C=O) groups is 3. The van der Waals surface area contributed by atoms with Crippen molar-refractivity contribution in [3.8, 4) is 0 Å². The van der Waals surface area contributed by atoms with Crippen LogP contribution in [0.5, 0.6) is 0 Å². The molecule has 0 spiro atoms. The second-order valence-electron chi connectivity index (χ2n) is 16.0. The normalized spacial score (nSPS) is 22.4. The molecule has 1 heterocycles. The third-order valence-electron chi connectivity index (χ3n) is 11.1. The molecule has 0 bridgehead atoms. The topological polar surface area (TPSA) is 109 Å². The number of likely N-dealkylation sites (N-methyl/N-ethyl adjacent to an activating group) is 1. The highest BCUT2D eigenvalue weighted by molar-refractivity contribution is 5.94. The van der Waals surface area contributed by atoms with E-state index in [-0.39, 0.29) is 23.8 Å². The highest BCUT2D eigenvalue weighted by Gasteiger charge is 2.43. The summed E-state index contributed by atoms with van der Waals surface area (Å²) in [5.41, 5.74) is -0.498. The van der Waals surface area contributed by atoms with E-state index in [1.54, 1.807) is 18.9 Å². The van der Waals surface area contributed by atoms with Crippen LogP contribution < -0.4 is 16.0 Å². The minimum atomic E-state index is -0.714. The highest BCUT2D eigenvalue weighted by atomic mass is 16.5. The Hall–Kier alpha value is -1.71. The van der Waals surface area contributed by atoms with Crippen molar-refractivity contribution in [2.75, 3.05) is 40.0 Å². The molecule has 3 rings (SSSR count). The van der Waals surface area contributed by atoms with Gasteiger partial charge >= 0.3 is 0 Å². The molecule has 3 fully saturated rings. The van der Waals surface area contributed by atoms with Crippen molar-refractivity contribution >= 4 is 17.7 Å². The van der Waals surface area contributed by atoms with Crippen molar-refractivity contribution in [3.05, 3.63) is 0 Å². The Morgan fingerprint density at radius 1 is 0.745 bits per heavy atom. The third-order valence-corrected chi connectivity index (χ3v) is 11.1. The lowest BCUT2D eigenvalue weighted by Crippen LogP contribution is -2.60. The number of unbranched alkanes of at least 4 members (excludes halogenated alkanes) is 3. The van der Waals surface area contributed by atoms with Crippen LogP contribution in [0.3, 0.4) is 0 Å². The van der Waals surface area contributed by atoms with Gasteiger partial charge in [-0.05, 0) is 75.7 Å². The van der Waals surface area contributed by atoms with Gasteiger partial charge in [0.25, 0.3) is 0 Å². The number of nitrogens with one attached hydrogen (secondary N) is 3. The summed E-state index contributed by atoms with van der Waals surface area (Å²) in [5, 5.41) is 9.25. The van der Waals surface area contributed by atoms with Gasteiger partial charge < -0.3 is 30.3 Å². The number of likely N-dealkylation sites (tertiary alicyclic amines) is 1. The zero-order valence-corrected chi connectivity index (χ0v) is 30.9. The number of ether oxygens (including phenoxy) is 2. The van der Waals surface area contributed by atoms with Gasteiger partial charge in [-0.2, -0.15) is 0 Å². The molecule has 2 aliphatic carbocycles. The van der Waals surface area contributed by atoms with Gasteiger partial charge in [0.1, 0.15) is 12.1 Å². The van der Waals surface area contributed by atoms with E-state index in [2.05, 4.69) is 22.9 Å². The lowest BCUT2D eigenvalue weighted by molar-refractivity contribution is -0.144. The molecule has 3 aliphatic rings. The van der Waals surface area contributed by atoms with E-state index in [9.17, 15) is 14.4 Å². The van der Waals surface area contributed by atoms with Crippen LogP contribution in [-0.2, 0) is 23.9 Å². The maximum Gasteiger partial charge on any atom is 0.246 e. The Bertz CT molecular complexity index is 928. The van der Waals surface area contributed by atoms with Gasteiger partial charge in [-0.25, -0.2) is 0 Å². The van der Waals surface area contributed by atoms with E-state index in [0.717, 1.165) is 64.1 Å². The van der Waals surface area contributed by atoms with E-state index < -0.39 is 23.5 Å². The smallest absolute Gasteiger partial charge is 0.246 e. The number of hydrogen-bond acceptors (Lipinski definition) is 6. The zero-order valence-electron chi connectivity index (χ0n) is 30.9. The number of carbonyl (C=O) groups excluding carboxylic acids is 3. The molecule has 1 saturated heterocycles. The molecule has 0 aromatic rings. The van der Waals surface area contributed by atoms with Crippen molar-refractivity contribution in [2.24, 2.45) is 23.2 Å². The van der Waals surface area contributed by atoms with Crippen molar-refractivity contribution in [1.29, 1.82) is 0 Å². The van der Waals surface area contributed by atoms with Crippen LogP contribution in [0.1, 0.15) is 137 Å². The maximum atomic E-state index is 13.9. The molecule has 0 aromatic carbocycles. The SMILES string of the molecule is CN[C@@H](C)C(=O)N[C@H](C(=O)N1CCCC1C(=O)N[C@H](COCCCCCCOC[C@@H](C)C1CCCCC1)C1CCCCC1)C(C)(C)C. The van der Waals surface area contributed by atoms with Gasteiger partial charge in [0.2, 0.25) is 17.7 Å². The predicted molar refractivity (Wildman–Crippen MR) is 189 cm³/mol. The van der Waals surface area contributed by atoms with Crippen molar-refractivity contribution in [2.45, 2.75) is 162 Å². The number of amides is 3. The lowest BCUT2D eigenvalue weighted by Gasteiger charge is -2.37. The van der Waals surface area contributed by atoms with E-state index >= 15 is 0 Å². The molecule has 0 radical (unpaired) electrons. The Morgan fingerprint density at radius 3 is 1.89 bits per heavy atom. The van der Waals surface area contributed by atoms with Gasteiger partial charge in [-0.1, -0.05) is 91.9 Å². The summed E-state index contributed by atoms with van der Waals surface area (Å²) >= 11 is 0. The molecule has 0 aromatic heterocycles. The summed E-state index contributed by atoms with van der Waals surface area (Å²) in [4.78, 5) is 42.1. The highest BCUT2D eigenvalue weighted by Crippen LogP contribution is 2.31. The third kappa shape index (κ3) is 13.3. The molecule has 3 N–H and O–H groups in total. The minimum Gasteiger partial charge on any atom is -0.381 e. The van der Waals surface area contributed by atoms with Gasteiger partial charge in [-0.3, -0.25) is 14.4 Å². The summed E-state index contributed by atoms with van der Waals surface area (Å²) in [5.74, 6) is 1.45. The average Bonchev–Trinajstić information content (AvgIpc) is 3.57. The van der Waals surface area contributed by atoms with Gasteiger partial charge in [0.15, 0.2) is 0 Å². The Kier molecular flexibility index (Phi) is 17.5. The zero-order chi connectivity index (χ0) is 34.2. The first-order valence-corrected chi connectivity index (χ1v) is 19.3.